The van der Waals surface area contributed by atoms with Crippen LogP contribution in [-0.2, 0) is 11.2 Å². The standard InChI is InChI=1S/C20H23NO/c1-16-10-12-17(13-11-16)15-19-9-6-14-21(19)20(22)18-7-4-2-3-5-8-18/h2-5,7-8,10-13,18-19H,6,9,14-15H2,1H3. The first-order valence-corrected chi connectivity index (χ1v) is 8.12. The smallest absolute Gasteiger partial charge is 0.233 e. The molecule has 1 atom stereocenters. The summed E-state index contributed by atoms with van der Waals surface area (Å²) in [6.07, 6.45) is 15.0. The maximum Gasteiger partial charge on any atom is 0.233 e. The van der Waals surface area contributed by atoms with Gasteiger partial charge in [0.05, 0.1) is 5.92 Å². The molecule has 1 amide bonds. The van der Waals surface area contributed by atoms with E-state index in [9.17, 15) is 4.79 Å². The van der Waals surface area contributed by atoms with Crippen LogP contribution in [0.1, 0.15) is 24.0 Å². The van der Waals surface area contributed by atoms with Crippen molar-refractivity contribution in [1.82, 2.24) is 4.90 Å². The molecule has 0 spiro atoms. The van der Waals surface area contributed by atoms with E-state index in [1.165, 1.54) is 11.1 Å². The van der Waals surface area contributed by atoms with Crippen LogP contribution in [0, 0.1) is 12.8 Å². The Morgan fingerprint density at radius 1 is 1.09 bits per heavy atom. The van der Waals surface area contributed by atoms with Gasteiger partial charge in [-0.3, -0.25) is 4.79 Å². The minimum atomic E-state index is -0.117. The van der Waals surface area contributed by atoms with E-state index in [-0.39, 0.29) is 11.8 Å². The van der Waals surface area contributed by atoms with Crippen LogP contribution in [-0.4, -0.2) is 23.4 Å². The molecule has 1 aromatic rings. The molecule has 0 radical (unpaired) electrons. The van der Waals surface area contributed by atoms with Crippen molar-refractivity contribution in [1.29, 1.82) is 0 Å². The second kappa shape index (κ2) is 6.78. The zero-order chi connectivity index (χ0) is 15.4. The van der Waals surface area contributed by atoms with E-state index in [0.29, 0.717) is 6.04 Å². The van der Waals surface area contributed by atoms with Crippen molar-refractivity contribution in [2.45, 2.75) is 32.2 Å². The monoisotopic (exact) mass is 293 g/mol. The first-order valence-electron chi connectivity index (χ1n) is 8.12. The van der Waals surface area contributed by atoms with Gasteiger partial charge in [-0.15, -0.1) is 0 Å². The largest absolute Gasteiger partial charge is 0.339 e. The highest BCUT2D eigenvalue weighted by molar-refractivity contribution is 5.83. The molecule has 0 aromatic heterocycles. The molecule has 2 heteroatoms. The molecule has 0 N–H and O–H groups in total. The van der Waals surface area contributed by atoms with Gasteiger partial charge in [0.25, 0.3) is 0 Å². The highest BCUT2D eigenvalue weighted by atomic mass is 16.2. The summed E-state index contributed by atoms with van der Waals surface area (Å²) in [5, 5.41) is 0. The predicted octanol–water partition coefficient (Wildman–Crippen LogP) is 3.83. The molecule has 1 saturated heterocycles. The van der Waals surface area contributed by atoms with E-state index >= 15 is 0 Å². The van der Waals surface area contributed by atoms with Crippen LogP contribution in [0.25, 0.3) is 0 Å². The van der Waals surface area contributed by atoms with Crippen molar-refractivity contribution >= 4 is 5.91 Å². The normalized spacial score (nSPS) is 21.3. The summed E-state index contributed by atoms with van der Waals surface area (Å²) >= 11 is 0. The summed E-state index contributed by atoms with van der Waals surface area (Å²) in [5.41, 5.74) is 2.60. The van der Waals surface area contributed by atoms with Crippen molar-refractivity contribution in [2.24, 2.45) is 5.92 Å². The third-order valence-corrected chi connectivity index (χ3v) is 4.51. The highest BCUT2D eigenvalue weighted by Crippen LogP contribution is 2.24. The number of aryl methyl sites for hydroxylation is 1. The SMILES string of the molecule is Cc1ccc(CC2CCCN2C(=O)C2C=CC=CC=C2)cc1. The van der Waals surface area contributed by atoms with E-state index in [1.54, 1.807) is 0 Å². The Labute approximate surface area is 132 Å². The first-order chi connectivity index (χ1) is 10.7. The van der Waals surface area contributed by atoms with Crippen molar-refractivity contribution < 1.29 is 4.79 Å². The number of allylic oxidation sites excluding steroid dienone is 4. The van der Waals surface area contributed by atoms with Gasteiger partial charge in [-0.25, -0.2) is 0 Å². The summed E-state index contributed by atoms with van der Waals surface area (Å²) in [4.78, 5) is 14.9. The first kappa shape index (κ1) is 14.8. The van der Waals surface area contributed by atoms with E-state index in [4.69, 9.17) is 0 Å². The fourth-order valence-corrected chi connectivity index (χ4v) is 3.25. The topological polar surface area (TPSA) is 20.3 Å². The third-order valence-electron chi connectivity index (χ3n) is 4.51. The molecule has 22 heavy (non-hydrogen) atoms. The van der Waals surface area contributed by atoms with E-state index < -0.39 is 0 Å². The Balaban J connectivity index is 1.69. The summed E-state index contributed by atoms with van der Waals surface area (Å²) in [6, 6.07) is 9.02. The lowest BCUT2D eigenvalue weighted by atomic mass is 10.0. The number of nitrogens with zero attached hydrogens (tertiary/aromatic N) is 1. The number of hydrogen-bond acceptors (Lipinski definition) is 1. The third kappa shape index (κ3) is 3.38. The predicted molar refractivity (Wildman–Crippen MR) is 90.5 cm³/mol. The van der Waals surface area contributed by atoms with Crippen LogP contribution in [0.3, 0.4) is 0 Å². The van der Waals surface area contributed by atoms with Gasteiger partial charge in [0.15, 0.2) is 0 Å². The summed E-state index contributed by atoms with van der Waals surface area (Å²) < 4.78 is 0. The van der Waals surface area contributed by atoms with Gasteiger partial charge in [-0.2, -0.15) is 0 Å². The maximum absolute atomic E-state index is 12.8. The Bertz CT molecular complexity index is 593. The lowest BCUT2D eigenvalue weighted by Crippen LogP contribution is -2.39. The molecule has 2 nitrogen and oxygen atoms in total. The molecular weight excluding hydrogens is 270 g/mol. The van der Waals surface area contributed by atoms with Crippen molar-refractivity contribution in [3.63, 3.8) is 0 Å². The lowest BCUT2D eigenvalue weighted by molar-refractivity contribution is -0.133. The molecule has 1 fully saturated rings. The highest BCUT2D eigenvalue weighted by Gasteiger charge is 2.31. The molecule has 1 unspecified atom stereocenters. The van der Waals surface area contributed by atoms with E-state index in [1.807, 2.05) is 36.5 Å². The molecule has 1 aromatic carbocycles. The van der Waals surface area contributed by atoms with Crippen molar-refractivity contribution in [3.8, 4) is 0 Å². The fraction of sp³-hybridized carbons (Fsp3) is 0.350. The molecule has 0 bridgehead atoms. The van der Waals surface area contributed by atoms with Gasteiger partial charge in [0, 0.05) is 12.6 Å². The number of hydrogen-bond donors (Lipinski definition) is 0. The van der Waals surface area contributed by atoms with Gasteiger partial charge >= 0.3 is 0 Å². The zero-order valence-corrected chi connectivity index (χ0v) is 13.1. The maximum atomic E-state index is 12.8. The molecule has 1 aliphatic heterocycles. The quantitative estimate of drug-likeness (QED) is 0.829. The number of carbonyl (C=O) groups excluding carboxylic acids is 1. The van der Waals surface area contributed by atoms with Gasteiger partial charge < -0.3 is 4.90 Å². The number of benzene rings is 1. The Morgan fingerprint density at radius 2 is 1.77 bits per heavy atom. The number of likely N-dealkylation sites (tertiary alicyclic amines) is 1. The van der Waals surface area contributed by atoms with Crippen LogP contribution >= 0.6 is 0 Å². The van der Waals surface area contributed by atoms with Gasteiger partial charge in [0.1, 0.15) is 0 Å². The minimum absolute atomic E-state index is 0.117. The van der Waals surface area contributed by atoms with Crippen LogP contribution in [0.4, 0.5) is 0 Å². The average Bonchev–Trinajstić information content (AvgIpc) is 2.81. The molecule has 1 aliphatic carbocycles. The van der Waals surface area contributed by atoms with Crippen molar-refractivity contribution in [3.05, 3.63) is 71.8 Å². The summed E-state index contributed by atoms with van der Waals surface area (Å²) in [5.74, 6) is 0.124. The lowest BCUT2D eigenvalue weighted by Gasteiger charge is -2.27. The van der Waals surface area contributed by atoms with Gasteiger partial charge in [-0.1, -0.05) is 66.3 Å². The Morgan fingerprint density at radius 3 is 2.45 bits per heavy atom. The van der Waals surface area contributed by atoms with E-state index in [0.717, 1.165) is 25.8 Å². The minimum Gasteiger partial charge on any atom is -0.339 e. The molecule has 3 rings (SSSR count). The number of rotatable bonds is 3. The van der Waals surface area contributed by atoms with Gasteiger partial charge in [0.2, 0.25) is 5.91 Å². The molecular formula is C20H23NO. The molecule has 2 aliphatic rings. The Hall–Kier alpha value is -2.09. The Kier molecular flexibility index (Phi) is 4.57. The molecule has 1 heterocycles. The number of amides is 1. The summed E-state index contributed by atoms with van der Waals surface area (Å²) in [7, 11) is 0. The van der Waals surface area contributed by atoms with Crippen LogP contribution in [0.15, 0.2) is 60.7 Å². The van der Waals surface area contributed by atoms with Crippen LogP contribution < -0.4 is 0 Å². The fourth-order valence-electron chi connectivity index (χ4n) is 3.25. The van der Waals surface area contributed by atoms with Gasteiger partial charge in [-0.05, 0) is 31.7 Å². The average molecular weight is 293 g/mol. The zero-order valence-electron chi connectivity index (χ0n) is 13.1. The van der Waals surface area contributed by atoms with Crippen LogP contribution in [0.2, 0.25) is 0 Å². The molecule has 114 valence electrons. The number of carbonyl (C=O) groups is 1. The second-order valence-electron chi connectivity index (χ2n) is 6.20. The van der Waals surface area contributed by atoms with E-state index in [2.05, 4.69) is 36.1 Å². The summed E-state index contributed by atoms with van der Waals surface area (Å²) in [6.45, 7) is 2.99. The van der Waals surface area contributed by atoms with Crippen molar-refractivity contribution in [2.75, 3.05) is 6.54 Å². The molecule has 0 saturated carbocycles. The van der Waals surface area contributed by atoms with Crippen LogP contribution in [0.5, 0.6) is 0 Å². The second-order valence-corrected chi connectivity index (χ2v) is 6.20.